The van der Waals surface area contributed by atoms with Crippen molar-refractivity contribution < 1.29 is 0 Å². The second-order valence-corrected chi connectivity index (χ2v) is 11.2. The molecule has 0 aliphatic carbocycles. The average molecular weight is 592 g/mol. The van der Waals surface area contributed by atoms with Crippen molar-refractivity contribution in [3.63, 3.8) is 0 Å². The van der Waals surface area contributed by atoms with Crippen molar-refractivity contribution in [3.8, 4) is 45.3 Å². The zero-order chi connectivity index (χ0) is 29.7. The van der Waals surface area contributed by atoms with Crippen molar-refractivity contribution in [2.24, 2.45) is 0 Å². The van der Waals surface area contributed by atoms with E-state index in [0.717, 1.165) is 44.5 Å². The smallest absolute Gasteiger partial charge is 0.164 e. The molecule has 0 aliphatic rings. The van der Waals surface area contributed by atoms with E-state index >= 15 is 0 Å². The molecule has 218 valence electrons. The van der Waals surface area contributed by atoms with Crippen LogP contribution in [-0.4, -0.2) is 24.3 Å². The Labute approximate surface area is 266 Å². The van der Waals surface area contributed by atoms with E-state index in [-0.39, 0.29) is 7.43 Å². The molecule has 6 aromatic carbocycles. The van der Waals surface area contributed by atoms with Crippen LogP contribution in [0.3, 0.4) is 0 Å². The fraction of sp³-hybridized carbons (Fsp3) is 0.0244. The molecule has 0 N–H and O–H groups in total. The Morgan fingerprint density at radius 3 is 1.37 bits per heavy atom. The first-order chi connectivity index (χ1) is 22.3. The van der Waals surface area contributed by atoms with Crippen LogP contribution in [0.15, 0.2) is 152 Å². The van der Waals surface area contributed by atoms with Gasteiger partial charge in [-0.05, 0) is 34.0 Å². The quantitative estimate of drug-likeness (QED) is 0.191. The van der Waals surface area contributed by atoms with E-state index in [2.05, 4.69) is 95.5 Å². The molecule has 0 bridgehead atoms. The molecule has 0 saturated heterocycles. The summed E-state index contributed by atoms with van der Waals surface area (Å²) in [5.41, 5.74) is 8.14. The van der Waals surface area contributed by atoms with Crippen molar-refractivity contribution in [1.29, 1.82) is 0 Å². The molecule has 0 spiro atoms. The summed E-state index contributed by atoms with van der Waals surface area (Å²) in [5, 5.41) is 4.83. The van der Waals surface area contributed by atoms with Crippen molar-refractivity contribution in [2.45, 2.75) is 7.43 Å². The van der Waals surface area contributed by atoms with Crippen LogP contribution in [0.1, 0.15) is 7.43 Å². The minimum Gasteiger partial charge on any atom is -0.298 e. The lowest BCUT2D eigenvalue weighted by Gasteiger charge is -2.10. The second kappa shape index (κ2) is 11.1. The van der Waals surface area contributed by atoms with Gasteiger partial charge in [0.05, 0.1) is 11.0 Å². The number of hydrogen-bond acceptors (Lipinski definition) is 4. The summed E-state index contributed by atoms with van der Waals surface area (Å²) in [5.74, 6) is 1.95. The molecule has 9 rings (SSSR count). The van der Waals surface area contributed by atoms with E-state index in [1.807, 2.05) is 60.7 Å². The average Bonchev–Trinajstić information content (AvgIpc) is 3.52. The van der Waals surface area contributed by atoms with Gasteiger partial charge in [-0.1, -0.05) is 141 Å². The molecule has 0 saturated carbocycles. The summed E-state index contributed by atoms with van der Waals surface area (Å²) < 4.78 is 2.23. The van der Waals surface area contributed by atoms with Gasteiger partial charge in [-0.15, -0.1) is 0 Å². The van der Waals surface area contributed by atoms with Crippen LogP contribution in [0, 0.1) is 0 Å². The van der Waals surface area contributed by atoms with E-state index in [1.54, 1.807) is 0 Å². The van der Waals surface area contributed by atoms with Crippen LogP contribution < -0.4 is 0 Å². The summed E-state index contributed by atoms with van der Waals surface area (Å²) in [6.45, 7) is 0. The van der Waals surface area contributed by atoms with Gasteiger partial charge < -0.3 is 0 Å². The number of aromatic nitrogens is 5. The first kappa shape index (κ1) is 27.4. The van der Waals surface area contributed by atoms with Gasteiger partial charge in [0.25, 0.3) is 0 Å². The maximum Gasteiger partial charge on any atom is 0.164 e. The monoisotopic (exact) mass is 591 g/mol. The minimum absolute atomic E-state index is 0. The van der Waals surface area contributed by atoms with Crippen molar-refractivity contribution in [3.05, 3.63) is 152 Å². The lowest BCUT2D eigenvalue weighted by Crippen LogP contribution is -2.00. The van der Waals surface area contributed by atoms with Crippen LogP contribution >= 0.6 is 0 Å². The molecule has 0 fully saturated rings. The summed E-state index contributed by atoms with van der Waals surface area (Å²) in [7, 11) is 0. The molecule has 0 atom stereocenters. The minimum atomic E-state index is 0. The van der Waals surface area contributed by atoms with Crippen LogP contribution in [0.4, 0.5) is 0 Å². The van der Waals surface area contributed by atoms with Crippen molar-refractivity contribution >= 4 is 38.2 Å². The molecular weight excluding hydrogens is 562 g/mol. The Hall–Kier alpha value is -6.20. The number of benzene rings is 6. The molecule has 0 unspecified atom stereocenters. The van der Waals surface area contributed by atoms with Gasteiger partial charge >= 0.3 is 0 Å². The predicted molar refractivity (Wildman–Crippen MR) is 190 cm³/mol. The van der Waals surface area contributed by atoms with Crippen LogP contribution in [-0.2, 0) is 0 Å². The fourth-order valence-corrected chi connectivity index (χ4v) is 6.26. The maximum absolute atomic E-state index is 5.09. The molecule has 0 aliphatic heterocycles. The van der Waals surface area contributed by atoms with E-state index in [4.69, 9.17) is 19.9 Å². The van der Waals surface area contributed by atoms with E-state index in [9.17, 15) is 0 Å². The predicted octanol–water partition coefficient (Wildman–Crippen LogP) is 10.3. The molecular formula is C41H29N5. The largest absolute Gasteiger partial charge is 0.298 e. The zero-order valence-corrected chi connectivity index (χ0v) is 24.2. The number of pyridine rings is 1. The van der Waals surface area contributed by atoms with Crippen LogP contribution in [0.25, 0.3) is 83.5 Å². The van der Waals surface area contributed by atoms with Gasteiger partial charge in [0.1, 0.15) is 5.65 Å². The standard InChI is InChI=1S/C40H25N5.CH4/c1-3-11-27(12-4-1)38-42-39(28-13-5-2-6-14-28)44-40(43-38)29-21-19-26(20-22-29)30-23-24-35-41-36-33-17-9-7-15-31(33)32-16-8-10-18-34(32)37(36)45(35)25-30;/h1-25H;1H4. The van der Waals surface area contributed by atoms with Gasteiger partial charge in [0.15, 0.2) is 17.5 Å². The summed E-state index contributed by atoms with van der Waals surface area (Å²) in [6, 6.07) is 50.0. The Bertz CT molecular complexity index is 2460. The van der Waals surface area contributed by atoms with Crippen LogP contribution in [0.2, 0.25) is 0 Å². The molecule has 46 heavy (non-hydrogen) atoms. The summed E-state index contributed by atoms with van der Waals surface area (Å²) >= 11 is 0. The topological polar surface area (TPSA) is 56.0 Å². The zero-order valence-electron chi connectivity index (χ0n) is 24.2. The van der Waals surface area contributed by atoms with E-state index in [1.165, 1.54) is 21.5 Å². The SMILES string of the molecule is C.c1ccc(-c2nc(-c3ccccc3)nc(-c3ccc(-c4ccc5nc6c7ccccc7c7ccccc7c6n5c4)cc3)n2)cc1. The highest BCUT2D eigenvalue weighted by molar-refractivity contribution is 6.24. The Morgan fingerprint density at radius 2 is 0.783 bits per heavy atom. The number of fused-ring (bicyclic) bond motifs is 8. The van der Waals surface area contributed by atoms with E-state index < -0.39 is 0 Å². The number of hydrogen-bond donors (Lipinski definition) is 0. The third kappa shape index (κ3) is 4.49. The number of nitrogens with zero attached hydrogens (tertiary/aromatic N) is 5. The lowest BCUT2D eigenvalue weighted by atomic mass is 10.00. The highest BCUT2D eigenvalue weighted by Crippen LogP contribution is 2.36. The summed E-state index contributed by atoms with van der Waals surface area (Å²) in [4.78, 5) is 19.7. The fourth-order valence-electron chi connectivity index (χ4n) is 6.26. The van der Waals surface area contributed by atoms with Gasteiger partial charge in [-0.25, -0.2) is 19.9 Å². The number of rotatable bonds is 4. The normalized spacial score (nSPS) is 11.3. The van der Waals surface area contributed by atoms with E-state index in [0.29, 0.717) is 17.5 Å². The molecule has 0 radical (unpaired) electrons. The Kier molecular flexibility index (Phi) is 6.58. The van der Waals surface area contributed by atoms with Gasteiger partial charge in [0, 0.05) is 33.7 Å². The molecule has 5 heteroatoms. The lowest BCUT2D eigenvalue weighted by molar-refractivity contribution is 1.07. The first-order valence-corrected chi connectivity index (χ1v) is 15.0. The molecule has 3 aromatic heterocycles. The molecule has 0 amide bonds. The molecule has 3 heterocycles. The Morgan fingerprint density at radius 1 is 0.348 bits per heavy atom. The molecule has 9 aromatic rings. The highest BCUT2D eigenvalue weighted by Gasteiger charge is 2.15. The van der Waals surface area contributed by atoms with Crippen molar-refractivity contribution in [1.82, 2.24) is 24.3 Å². The molecule has 5 nitrogen and oxygen atoms in total. The Balaban J connectivity index is 0.00000312. The second-order valence-electron chi connectivity index (χ2n) is 11.2. The maximum atomic E-state index is 5.09. The van der Waals surface area contributed by atoms with Gasteiger partial charge in [0.2, 0.25) is 0 Å². The third-order valence-electron chi connectivity index (χ3n) is 8.45. The van der Waals surface area contributed by atoms with Crippen LogP contribution in [0.5, 0.6) is 0 Å². The number of imidazole rings is 1. The van der Waals surface area contributed by atoms with Crippen molar-refractivity contribution in [2.75, 3.05) is 0 Å². The summed E-state index contributed by atoms with van der Waals surface area (Å²) in [6.07, 6.45) is 2.20. The van der Waals surface area contributed by atoms with Gasteiger partial charge in [-0.3, -0.25) is 4.40 Å². The first-order valence-electron chi connectivity index (χ1n) is 15.0. The highest BCUT2D eigenvalue weighted by atomic mass is 15.0. The van der Waals surface area contributed by atoms with Gasteiger partial charge in [-0.2, -0.15) is 0 Å². The third-order valence-corrected chi connectivity index (χ3v) is 8.45.